The summed E-state index contributed by atoms with van der Waals surface area (Å²) in [5, 5.41) is 14.0. The van der Waals surface area contributed by atoms with E-state index in [0.717, 1.165) is 18.1 Å². The van der Waals surface area contributed by atoms with Crippen LogP contribution < -0.4 is 15.8 Å². The van der Waals surface area contributed by atoms with Gasteiger partial charge in [0, 0.05) is 6.07 Å². The van der Waals surface area contributed by atoms with Crippen molar-refractivity contribution in [1.82, 2.24) is 5.32 Å². The first-order valence-corrected chi connectivity index (χ1v) is 11.6. The van der Waals surface area contributed by atoms with Gasteiger partial charge >= 0.3 is 0 Å². The second-order valence-electron chi connectivity index (χ2n) is 7.80. The standard InChI is InChI=1S/C21H26N4O5S/c1-15(16-8-4-2-5-9-16)23-20(26)21(12-6-3-7-13-21)31(29,30)24-17-10-11-18(22)19(14-17)25(27)28/h2,4-5,8-11,14-15,24H,3,6-7,12-13,22H2,1H3,(H,23,26)/t15-/m1/s1. The monoisotopic (exact) mass is 446 g/mol. The Kier molecular flexibility index (Phi) is 6.49. The summed E-state index contributed by atoms with van der Waals surface area (Å²) in [5.41, 5.74) is 5.98. The Labute approximate surface area is 181 Å². The third-order valence-corrected chi connectivity index (χ3v) is 7.84. The van der Waals surface area contributed by atoms with Gasteiger partial charge in [-0.15, -0.1) is 0 Å². The third-order valence-electron chi connectivity index (χ3n) is 5.72. The molecule has 0 unspecified atom stereocenters. The van der Waals surface area contributed by atoms with Crippen molar-refractivity contribution in [3.8, 4) is 0 Å². The van der Waals surface area contributed by atoms with Gasteiger partial charge in [0.25, 0.3) is 5.69 Å². The van der Waals surface area contributed by atoms with E-state index in [-0.39, 0.29) is 30.3 Å². The minimum absolute atomic E-state index is 0.00486. The van der Waals surface area contributed by atoms with Crippen LogP contribution in [-0.2, 0) is 14.8 Å². The SMILES string of the molecule is C[C@@H](NC(=O)C1(S(=O)(=O)Nc2ccc(N)c([N+](=O)[O-])c2)CCCCC1)c1ccccc1. The number of hydrogen-bond donors (Lipinski definition) is 3. The highest BCUT2D eigenvalue weighted by atomic mass is 32.2. The van der Waals surface area contributed by atoms with Crippen LogP contribution in [0, 0.1) is 10.1 Å². The molecule has 0 saturated heterocycles. The van der Waals surface area contributed by atoms with Gasteiger partial charge in [0.1, 0.15) is 5.69 Å². The van der Waals surface area contributed by atoms with Crippen molar-refractivity contribution in [3.63, 3.8) is 0 Å². The minimum Gasteiger partial charge on any atom is -0.393 e. The molecule has 4 N–H and O–H groups in total. The predicted octanol–water partition coefficient (Wildman–Crippen LogP) is 3.50. The third kappa shape index (κ3) is 4.63. The van der Waals surface area contributed by atoms with Gasteiger partial charge in [0.05, 0.1) is 16.7 Å². The normalized spacial score (nSPS) is 16.8. The second kappa shape index (κ2) is 8.93. The zero-order chi connectivity index (χ0) is 22.6. The van der Waals surface area contributed by atoms with E-state index >= 15 is 0 Å². The van der Waals surface area contributed by atoms with Gasteiger partial charge in [-0.3, -0.25) is 19.6 Å². The molecule has 0 heterocycles. The van der Waals surface area contributed by atoms with Crippen LogP contribution in [0.3, 0.4) is 0 Å². The number of nitrogens with zero attached hydrogens (tertiary/aromatic N) is 1. The number of nitrogens with one attached hydrogen (secondary N) is 2. The molecule has 0 aromatic heterocycles. The van der Waals surface area contributed by atoms with Gasteiger partial charge in [-0.25, -0.2) is 8.42 Å². The number of rotatable bonds is 7. The van der Waals surface area contributed by atoms with Crippen molar-refractivity contribution in [2.75, 3.05) is 10.5 Å². The molecule has 9 nitrogen and oxygen atoms in total. The summed E-state index contributed by atoms with van der Waals surface area (Å²) in [6.07, 6.45) is 2.37. The van der Waals surface area contributed by atoms with Crippen LogP contribution in [0.15, 0.2) is 48.5 Å². The Morgan fingerprint density at radius 2 is 1.77 bits per heavy atom. The Balaban J connectivity index is 1.90. The number of amides is 1. The van der Waals surface area contributed by atoms with Gasteiger partial charge < -0.3 is 11.1 Å². The maximum Gasteiger partial charge on any atom is 0.294 e. The fraction of sp³-hybridized carbons (Fsp3) is 0.381. The van der Waals surface area contributed by atoms with Gasteiger partial charge in [-0.05, 0) is 37.5 Å². The quantitative estimate of drug-likeness (QED) is 0.337. The van der Waals surface area contributed by atoms with Crippen molar-refractivity contribution in [3.05, 3.63) is 64.2 Å². The number of hydrogen-bond acceptors (Lipinski definition) is 6. The number of sulfonamides is 1. The number of nitro groups is 1. The predicted molar refractivity (Wildman–Crippen MR) is 119 cm³/mol. The van der Waals surface area contributed by atoms with Gasteiger partial charge in [0.2, 0.25) is 15.9 Å². The van der Waals surface area contributed by atoms with Crippen LogP contribution in [0.2, 0.25) is 0 Å². The molecular formula is C21H26N4O5S. The molecule has 1 fully saturated rings. The molecule has 0 radical (unpaired) electrons. The second-order valence-corrected chi connectivity index (χ2v) is 9.79. The summed E-state index contributed by atoms with van der Waals surface area (Å²) < 4.78 is 27.6. The number of carbonyl (C=O) groups is 1. The maximum absolute atomic E-state index is 13.4. The zero-order valence-corrected chi connectivity index (χ0v) is 18.0. The molecular weight excluding hydrogens is 420 g/mol. The van der Waals surface area contributed by atoms with Crippen LogP contribution in [0.1, 0.15) is 50.6 Å². The van der Waals surface area contributed by atoms with E-state index in [4.69, 9.17) is 5.73 Å². The molecule has 1 aliphatic carbocycles. The van der Waals surface area contributed by atoms with Crippen molar-refractivity contribution in [1.29, 1.82) is 0 Å². The number of nitrogen functional groups attached to an aromatic ring is 1. The van der Waals surface area contributed by atoms with Crippen LogP contribution in [-0.4, -0.2) is 24.0 Å². The van der Waals surface area contributed by atoms with Crippen LogP contribution in [0.5, 0.6) is 0 Å². The van der Waals surface area contributed by atoms with E-state index in [1.165, 1.54) is 12.1 Å². The van der Waals surface area contributed by atoms with E-state index in [9.17, 15) is 23.3 Å². The van der Waals surface area contributed by atoms with E-state index in [1.54, 1.807) is 6.92 Å². The Morgan fingerprint density at radius 3 is 2.39 bits per heavy atom. The summed E-state index contributed by atoms with van der Waals surface area (Å²) in [5.74, 6) is -0.569. The highest BCUT2D eigenvalue weighted by Gasteiger charge is 2.51. The van der Waals surface area contributed by atoms with E-state index in [1.807, 2.05) is 30.3 Å². The first-order chi connectivity index (χ1) is 14.7. The number of anilines is 2. The lowest BCUT2D eigenvalue weighted by Gasteiger charge is -2.36. The van der Waals surface area contributed by atoms with Crippen LogP contribution in [0.4, 0.5) is 17.1 Å². The van der Waals surface area contributed by atoms with E-state index in [2.05, 4.69) is 10.0 Å². The molecule has 166 valence electrons. The summed E-state index contributed by atoms with van der Waals surface area (Å²) in [7, 11) is -4.21. The lowest BCUT2D eigenvalue weighted by molar-refractivity contribution is -0.383. The van der Waals surface area contributed by atoms with Gasteiger partial charge in [0.15, 0.2) is 4.75 Å². The molecule has 2 aromatic carbocycles. The molecule has 31 heavy (non-hydrogen) atoms. The van der Waals surface area contributed by atoms with Crippen molar-refractivity contribution >= 4 is 33.0 Å². The van der Waals surface area contributed by atoms with Gasteiger partial charge in [-0.2, -0.15) is 0 Å². The van der Waals surface area contributed by atoms with Crippen molar-refractivity contribution in [2.24, 2.45) is 0 Å². The average molecular weight is 447 g/mol. The first-order valence-electron chi connectivity index (χ1n) is 10.1. The molecule has 1 atom stereocenters. The van der Waals surface area contributed by atoms with E-state index in [0.29, 0.717) is 12.8 Å². The summed E-state index contributed by atoms with van der Waals surface area (Å²) >= 11 is 0. The highest BCUT2D eigenvalue weighted by Crippen LogP contribution is 2.38. The number of carbonyl (C=O) groups excluding carboxylic acids is 1. The van der Waals surface area contributed by atoms with Crippen LogP contribution >= 0.6 is 0 Å². The largest absolute Gasteiger partial charge is 0.393 e. The molecule has 1 aliphatic rings. The lowest BCUT2D eigenvalue weighted by Crippen LogP contribution is -2.56. The Bertz CT molecular complexity index is 1070. The Morgan fingerprint density at radius 1 is 1.13 bits per heavy atom. The number of benzene rings is 2. The van der Waals surface area contributed by atoms with E-state index < -0.39 is 31.3 Å². The minimum atomic E-state index is -4.21. The zero-order valence-electron chi connectivity index (χ0n) is 17.2. The molecule has 0 aliphatic heterocycles. The smallest absolute Gasteiger partial charge is 0.294 e. The molecule has 10 heteroatoms. The fourth-order valence-electron chi connectivity index (χ4n) is 3.91. The summed E-state index contributed by atoms with van der Waals surface area (Å²) in [6.45, 7) is 1.80. The molecule has 0 spiro atoms. The molecule has 1 saturated carbocycles. The summed E-state index contributed by atoms with van der Waals surface area (Å²) in [6, 6.07) is 12.6. The van der Waals surface area contributed by atoms with Gasteiger partial charge in [-0.1, -0.05) is 49.6 Å². The number of nitrogens with two attached hydrogens (primary N) is 1. The molecule has 1 amide bonds. The Hall–Kier alpha value is -3.14. The van der Waals surface area contributed by atoms with Crippen molar-refractivity contribution in [2.45, 2.75) is 49.8 Å². The van der Waals surface area contributed by atoms with Crippen LogP contribution in [0.25, 0.3) is 0 Å². The average Bonchev–Trinajstić information content (AvgIpc) is 2.75. The molecule has 3 rings (SSSR count). The lowest BCUT2D eigenvalue weighted by atomic mass is 9.87. The maximum atomic E-state index is 13.4. The summed E-state index contributed by atoms with van der Waals surface area (Å²) in [4.78, 5) is 23.8. The topological polar surface area (TPSA) is 144 Å². The first kappa shape index (κ1) is 22.5. The fourth-order valence-corrected chi connectivity index (χ4v) is 5.67. The molecule has 2 aromatic rings. The van der Waals surface area contributed by atoms with Crippen molar-refractivity contribution < 1.29 is 18.1 Å². The molecule has 0 bridgehead atoms. The highest BCUT2D eigenvalue weighted by molar-refractivity contribution is 7.94. The number of nitro benzene ring substituents is 1.